The van der Waals surface area contributed by atoms with Crippen molar-refractivity contribution in [3.05, 3.63) is 0 Å². The van der Waals surface area contributed by atoms with Gasteiger partial charge in [0.05, 0.1) is 0 Å². The summed E-state index contributed by atoms with van der Waals surface area (Å²) in [7, 11) is 2.79. The largest absolute Gasteiger partial charge is 0.479 e. The molecular formula is C22H30N2O17. The van der Waals surface area contributed by atoms with Gasteiger partial charge in [-0.05, 0) is 0 Å². The molecule has 19 heteroatoms. The Kier molecular flexibility index (Phi) is 20.9. The average Bonchev–Trinajstić information content (AvgIpc) is 3.42. The molecule has 4 amide bonds. The molecule has 2 heterocycles. The summed E-state index contributed by atoms with van der Waals surface area (Å²) in [4.78, 5) is 89.9. The Morgan fingerprint density at radius 1 is 0.756 bits per heavy atom. The van der Waals surface area contributed by atoms with Crippen molar-refractivity contribution in [3.63, 3.8) is 0 Å². The van der Waals surface area contributed by atoms with Crippen LogP contribution in [0.2, 0.25) is 0 Å². The van der Waals surface area contributed by atoms with Gasteiger partial charge in [-0.2, -0.15) is 5.06 Å². The monoisotopic (exact) mass is 595 g/mol. The van der Waals surface area contributed by atoms with Gasteiger partial charge in [-0.25, -0.2) is 19.2 Å². The van der Waals surface area contributed by atoms with Crippen LogP contribution in [0.1, 0.15) is 27.1 Å². The number of carbonyl (C=O) groups is 8. The number of ether oxygens (including phenoxy) is 6. The number of rotatable bonds is 13. The first-order chi connectivity index (χ1) is 19.8. The quantitative estimate of drug-likeness (QED) is 0.0570. The van der Waals surface area contributed by atoms with Gasteiger partial charge in [-0.15, -0.1) is 17.9 Å². The highest BCUT2D eigenvalue weighted by Crippen LogP contribution is 2.12. The minimum absolute atomic E-state index is 0.00322. The van der Waals surface area contributed by atoms with Crippen LogP contribution in [0, 0.1) is 12.8 Å². The fraction of sp³-hybridized carbons (Fsp3) is 0.545. The maximum absolute atomic E-state index is 11.2. The molecule has 0 aromatic carbocycles. The Hall–Kier alpha value is -4.48. The number of aliphatic carboxylic acids is 1. The predicted octanol–water partition coefficient (Wildman–Crippen LogP) is -2.23. The SMILES string of the molecule is COCOCC(=O)OCC(=O)O.COCOCC(=O)OCC(=O)ON1C(=O)CCC1=O.O=C1CCC(=O)N1O.[2H]C#C. The molecular weight excluding hydrogens is 564 g/mol. The molecule has 0 saturated carbocycles. The summed E-state index contributed by atoms with van der Waals surface area (Å²) in [5.74, 6) is -5.97. The maximum atomic E-state index is 11.2. The van der Waals surface area contributed by atoms with Crippen molar-refractivity contribution in [1.29, 1.82) is 0 Å². The van der Waals surface area contributed by atoms with E-state index in [1.165, 1.54) is 20.6 Å². The van der Waals surface area contributed by atoms with Crippen LogP contribution in [0.5, 0.6) is 0 Å². The molecule has 2 aliphatic heterocycles. The Morgan fingerprint density at radius 3 is 1.49 bits per heavy atom. The zero-order chi connectivity index (χ0) is 32.5. The van der Waals surface area contributed by atoms with Crippen LogP contribution in [0.3, 0.4) is 0 Å². The second kappa shape index (κ2) is 23.4. The second-order valence-electron chi connectivity index (χ2n) is 6.87. The van der Waals surface area contributed by atoms with Crippen LogP contribution >= 0.6 is 0 Å². The van der Waals surface area contributed by atoms with E-state index in [1.54, 1.807) is 0 Å². The zero-order valence-electron chi connectivity index (χ0n) is 23.1. The van der Waals surface area contributed by atoms with E-state index < -0.39 is 60.7 Å². The third kappa shape index (κ3) is 19.3. The van der Waals surface area contributed by atoms with Gasteiger partial charge in [0.2, 0.25) is 0 Å². The fourth-order valence-electron chi connectivity index (χ4n) is 2.13. The lowest BCUT2D eigenvalue weighted by Crippen LogP contribution is -2.34. The highest BCUT2D eigenvalue weighted by atomic mass is 16.7. The number of carboxylic acid groups (broad SMARTS) is 1. The lowest BCUT2D eigenvalue weighted by Gasteiger charge is -2.12. The first-order valence-corrected chi connectivity index (χ1v) is 11.0. The van der Waals surface area contributed by atoms with E-state index in [0.717, 1.165) is 0 Å². The lowest BCUT2D eigenvalue weighted by molar-refractivity contribution is -0.201. The summed E-state index contributed by atoms with van der Waals surface area (Å²) >= 11 is 0. The highest BCUT2D eigenvalue weighted by molar-refractivity contribution is 6.01. The number of hydrogen-bond acceptors (Lipinski definition) is 16. The summed E-state index contributed by atoms with van der Waals surface area (Å²) in [6, 6.07) is 0. The Morgan fingerprint density at radius 2 is 1.15 bits per heavy atom. The maximum Gasteiger partial charge on any atom is 0.370 e. The number of terminal acetylenes is 1. The molecule has 2 N–H and O–H groups in total. The first-order valence-electron chi connectivity index (χ1n) is 11.5. The van der Waals surface area contributed by atoms with E-state index in [-0.39, 0.29) is 57.5 Å². The van der Waals surface area contributed by atoms with Gasteiger partial charge in [-0.3, -0.25) is 24.4 Å². The van der Waals surface area contributed by atoms with Crippen molar-refractivity contribution in [3.8, 4) is 12.8 Å². The minimum atomic E-state index is -1.20. The fourth-order valence-corrected chi connectivity index (χ4v) is 2.13. The molecule has 2 rings (SSSR count). The van der Waals surface area contributed by atoms with Crippen molar-refractivity contribution in [2.24, 2.45) is 0 Å². The molecule has 0 atom stereocenters. The van der Waals surface area contributed by atoms with Crippen molar-refractivity contribution in [2.75, 3.05) is 54.2 Å². The van der Waals surface area contributed by atoms with Gasteiger partial charge in [0, 0.05) is 39.9 Å². The van der Waals surface area contributed by atoms with Gasteiger partial charge >= 0.3 is 23.9 Å². The van der Waals surface area contributed by atoms with Gasteiger partial charge in [-0.1, -0.05) is 0 Å². The Labute approximate surface area is 234 Å². The summed E-state index contributed by atoms with van der Waals surface area (Å²) in [6.45, 7) is -2.16. The van der Waals surface area contributed by atoms with Crippen molar-refractivity contribution < 1.29 is 83.3 Å². The van der Waals surface area contributed by atoms with E-state index in [1.807, 2.05) is 0 Å². The summed E-state index contributed by atoms with van der Waals surface area (Å²) in [5.41, 5.74) is 0. The molecule has 0 bridgehead atoms. The third-order valence-electron chi connectivity index (χ3n) is 3.77. The second-order valence-corrected chi connectivity index (χ2v) is 6.87. The summed E-state index contributed by atoms with van der Waals surface area (Å²) in [5, 5.41) is 17.0. The van der Waals surface area contributed by atoms with E-state index in [2.05, 4.69) is 39.7 Å². The van der Waals surface area contributed by atoms with Crippen molar-refractivity contribution in [1.82, 2.24) is 10.1 Å². The van der Waals surface area contributed by atoms with E-state index in [0.29, 0.717) is 5.06 Å². The summed E-state index contributed by atoms with van der Waals surface area (Å²) < 4.78 is 32.7. The van der Waals surface area contributed by atoms with Crippen LogP contribution in [-0.2, 0) is 71.6 Å². The summed E-state index contributed by atoms with van der Waals surface area (Å²) in [6.07, 6.45) is 6.05. The molecule has 2 fully saturated rings. The van der Waals surface area contributed by atoms with Gasteiger partial charge in [0.15, 0.2) is 13.2 Å². The number of hydroxylamine groups is 4. The molecule has 19 nitrogen and oxygen atoms in total. The first kappa shape index (κ1) is 36.5. The van der Waals surface area contributed by atoms with Crippen LogP contribution in [0.15, 0.2) is 0 Å². The molecule has 2 saturated heterocycles. The minimum Gasteiger partial charge on any atom is -0.479 e. The van der Waals surface area contributed by atoms with Crippen LogP contribution < -0.4 is 0 Å². The average molecular weight is 595 g/mol. The van der Waals surface area contributed by atoms with Crippen molar-refractivity contribution >= 4 is 47.5 Å². The molecule has 0 radical (unpaired) electrons. The number of nitrogens with zero attached hydrogens (tertiary/aromatic N) is 2. The van der Waals surface area contributed by atoms with Gasteiger partial charge in [0.1, 0.15) is 28.2 Å². The zero-order valence-corrected chi connectivity index (χ0v) is 22.1. The molecule has 0 aromatic rings. The molecule has 0 aliphatic carbocycles. The normalized spacial score (nSPS) is 13.8. The number of methoxy groups -OCH3 is 2. The van der Waals surface area contributed by atoms with Gasteiger partial charge < -0.3 is 38.4 Å². The standard InChI is InChI=1S/C10H13NO8.C6H10O6.C4H5NO3.C2H2/c1-16-6-17-4-9(14)18-5-10(15)19-11-7(12)2-3-8(11)13;1-10-4-11-3-6(9)12-2-5(7)8;6-3-1-2-4(7)5(3)8;1-2/h2-6H2,1H3;2-4H2,1H3,(H,7,8);8H,1-2H2;1-2H/i;;;1D. The third-order valence-corrected chi connectivity index (χ3v) is 3.77. The molecule has 0 aromatic heterocycles. The predicted molar refractivity (Wildman–Crippen MR) is 125 cm³/mol. The number of amides is 4. The molecule has 0 spiro atoms. The number of esters is 2. The number of carbonyl (C=O) groups excluding carboxylic acids is 7. The van der Waals surface area contributed by atoms with E-state index in [9.17, 15) is 38.4 Å². The van der Waals surface area contributed by atoms with E-state index >= 15 is 0 Å². The van der Waals surface area contributed by atoms with Crippen LogP contribution in [0.25, 0.3) is 0 Å². The number of imide groups is 2. The van der Waals surface area contributed by atoms with Crippen LogP contribution in [-0.4, -0.2) is 122 Å². The molecule has 230 valence electrons. The lowest BCUT2D eigenvalue weighted by atomic mass is 10.4. The Balaban J connectivity index is 0. The van der Waals surface area contributed by atoms with E-state index in [4.69, 9.17) is 11.7 Å². The smallest absolute Gasteiger partial charge is 0.370 e. The Bertz CT molecular complexity index is 948. The van der Waals surface area contributed by atoms with Gasteiger partial charge in [0.25, 0.3) is 23.6 Å². The molecule has 2 aliphatic rings. The molecule has 41 heavy (non-hydrogen) atoms. The topological polar surface area (TPSA) is 248 Å². The number of hydrogen-bond donors (Lipinski definition) is 2. The van der Waals surface area contributed by atoms with Crippen LogP contribution in [0.4, 0.5) is 0 Å². The highest BCUT2D eigenvalue weighted by Gasteiger charge is 2.33. The molecule has 0 unspecified atom stereocenters. The number of carboxylic acids is 1. The van der Waals surface area contributed by atoms with Crippen molar-refractivity contribution in [2.45, 2.75) is 25.7 Å².